The van der Waals surface area contributed by atoms with Crippen molar-refractivity contribution in [2.24, 2.45) is 5.73 Å². The lowest BCUT2D eigenvalue weighted by Crippen LogP contribution is -2.40. The Morgan fingerprint density at radius 3 is 2.67 bits per heavy atom. The highest BCUT2D eigenvalue weighted by atomic mass is 16.2. The molecule has 0 aromatic carbocycles. The van der Waals surface area contributed by atoms with Crippen molar-refractivity contribution in [3.63, 3.8) is 0 Å². The summed E-state index contributed by atoms with van der Waals surface area (Å²) in [6.07, 6.45) is 1.92. The average molecular weight is 173 g/mol. The fourth-order valence-corrected chi connectivity index (χ4v) is 0.765. The Labute approximate surface area is 73.9 Å². The SMILES string of the molecule is CNC(C)C(=O)NCCCCN. The van der Waals surface area contributed by atoms with Crippen molar-refractivity contribution in [1.29, 1.82) is 0 Å². The van der Waals surface area contributed by atoms with Crippen LogP contribution in [0.15, 0.2) is 0 Å². The van der Waals surface area contributed by atoms with Crippen LogP contribution in [0.4, 0.5) is 0 Å². The molecule has 0 spiro atoms. The van der Waals surface area contributed by atoms with Gasteiger partial charge in [-0.2, -0.15) is 0 Å². The number of hydrogen-bond donors (Lipinski definition) is 3. The van der Waals surface area contributed by atoms with Gasteiger partial charge in [0.15, 0.2) is 0 Å². The number of amides is 1. The zero-order valence-corrected chi connectivity index (χ0v) is 7.89. The number of unbranched alkanes of at least 4 members (excludes halogenated alkanes) is 1. The first kappa shape index (κ1) is 11.4. The quantitative estimate of drug-likeness (QED) is 0.472. The van der Waals surface area contributed by atoms with Gasteiger partial charge in [0.2, 0.25) is 5.91 Å². The van der Waals surface area contributed by atoms with Gasteiger partial charge in [-0.15, -0.1) is 0 Å². The molecule has 0 rings (SSSR count). The normalized spacial score (nSPS) is 12.6. The van der Waals surface area contributed by atoms with Crippen LogP contribution in [0.5, 0.6) is 0 Å². The van der Waals surface area contributed by atoms with E-state index in [1.807, 2.05) is 6.92 Å². The van der Waals surface area contributed by atoms with Gasteiger partial charge in [-0.25, -0.2) is 0 Å². The second-order valence-electron chi connectivity index (χ2n) is 2.80. The lowest BCUT2D eigenvalue weighted by Gasteiger charge is -2.10. The molecule has 12 heavy (non-hydrogen) atoms. The first-order valence-electron chi connectivity index (χ1n) is 4.37. The predicted molar refractivity (Wildman–Crippen MR) is 49.8 cm³/mol. The summed E-state index contributed by atoms with van der Waals surface area (Å²) in [5.41, 5.74) is 5.31. The minimum atomic E-state index is -0.108. The summed E-state index contributed by atoms with van der Waals surface area (Å²) >= 11 is 0. The first-order valence-corrected chi connectivity index (χ1v) is 4.37. The van der Waals surface area contributed by atoms with E-state index < -0.39 is 0 Å². The van der Waals surface area contributed by atoms with E-state index in [-0.39, 0.29) is 11.9 Å². The zero-order chi connectivity index (χ0) is 9.40. The maximum Gasteiger partial charge on any atom is 0.236 e. The van der Waals surface area contributed by atoms with Gasteiger partial charge in [-0.05, 0) is 33.4 Å². The molecule has 0 aromatic rings. The van der Waals surface area contributed by atoms with E-state index in [1.54, 1.807) is 7.05 Å². The van der Waals surface area contributed by atoms with Gasteiger partial charge in [0.1, 0.15) is 0 Å². The molecular weight excluding hydrogens is 154 g/mol. The van der Waals surface area contributed by atoms with Crippen LogP contribution in [0.2, 0.25) is 0 Å². The molecule has 1 amide bonds. The van der Waals surface area contributed by atoms with Crippen LogP contribution >= 0.6 is 0 Å². The van der Waals surface area contributed by atoms with Gasteiger partial charge >= 0.3 is 0 Å². The summed E-state index contributed by atoms with van der Waals surface area (Å²) < 4.78 is 0. The Kier molecular flexibility index (Phi) is 6.70. The molecule has 0 radical (unpaired) electrons. The first-order chi connectivity index (χ1) is 5.72. The van der Waals surface area contributed by atoms with E-state index in [2.05, 4.69) is 10.6 Å². The molecule has 0 saturated heterocycles. The van der Waals surface area contributed by atoms with E-state index in [1.165, 1.54) is 0 Å². The number of hydrogen-bond acceptors (Lipinski definition) is 3. The molecule has 4 N–H and O–H groups in total. The Morgan fingerprint density at radius 1 is 1.50 bits per heavy atom. The highest BCUT2D eigenvalue weighted by Gasteiger charge is 2.07. The maximum absolute atomic E-state index is 11.1. The minimum absolute atomic E-state index is 0.0505. The molecule has 0 aliphatic heterocycles. The summed E-state index contributed by atoms with van der Waals surface area (Å²) in [6, 6.07) is -0.108. The summed E-state index contributed by atoms with van der Waals surface area (Å²) in [5, 5.41) is 5.68. The van der Waals surface area contributed by atoms with Crippen LogP contribution < -0.4 is 16.4 Å². The molecule has 4 nitrogen and oxygen atoms in total. The van der Waals surface area contributed by atoms with Crippen LogP contribution in [0.1, 0.15) is 19.8 Å². The molecule has 1 unspecified atom stereocenters. The number of rotatable bonds is 6. The minimum Gasteiger partial charge on any atom is -0.355 e. The zero-order valence-electron chi connectivity index (χ0n) is 7.89. The number of carbonyl (C=O) groups is 1. The fraction of sp³-hybridized carbons (Fsp3) is 0.875. The standard InChI is InChI=1S/C8H19N3O/c1-7(10-2)8(12)11-6-4-3-5-9/h7,10H,3-6,9H2,1-2H3,(H,11,12). The van der Waals surface area contributed by atoms with E-state index in [4.69, 9.17) is 5.73 Å². The molecule has 0 aliphatic rings. The second kappa shape index (κ2) is 7.06. The van der Waals surface area contributed by atoms with Crippen LogP contribution in [-0.2, 0) is 4.79 Å². The largest absolute Gasteiger partial charge is 0.355 e. The number of likely N-dealkylation sites (N-methyl/N-ethyl adjacent to an activating group) is 1. The van der Waals surface area contributed by atoms with Gasteiger partial charge in [-0.1, -0.05) is 0 Å². The summed E-state index contributed by atoms with van der Waals surface area (Å²) in [7, 11) is 1.77. The summed E-state index contributed by atoms with van der Waals surface area (Å²) in [6.45, 7) is 3.25. The van der Waals surface area contributed by atoms with Crippen molar-refractivity contribution in [2.75, 3.05) is 20.1 Å². The maximum atomic E-state index is 11.1. The molecule has 0 heterocycles. The average Bonchev–Trinajstić information content (AvgIpc) is 2.10. The fourth-order valence-electron chi connectivity index (χ4n) is 0.765. The molecular formula is C8H19N3O. The molecule has 0 aromatic heterocycles. The van der Waals surface area contributed by atoms with E-state index in [9.17, 15) is 4.79 Å². The van der Waals surface area contributed by atoms with Crippen molar-refractivity contribution in [1.82, 2.24) is 10.6 Å². The molecule has 0 fully saturated rings. The molecule has 0 bridgehead atoms. The topological polar surface area (TPSA) is 67.2 Å². The molecule has 0 saturated carbocycles. The van der Waals surface area contributed by atoms with E-state index in [0.717, 1.165) is 19.4 Å². The van der Waals surface area contributed by atoms with Crippen LogP contribution in [-0.4, -0.2) is 32.1 Å². The molecule has 1 atom stereocenters. The predicted octanol–water partition coefficient (Wildman–Crippen LogP) is -0.551. The molecule has 4 heteroatoms. The van der Waals surface area contributed by atoms with Crippen LogP contribution in [0.25, 0.3) is 0 Å². The van der Waals surface area contributed by atoms with Gasteiger partial charge in [0.25, 0.3) is 0 Å². The van der Waals surface area contributed by atoms with Crippen LogP contribution in [0.3, 0.4) is 0 Å². The van der Waals surface area contributed by atoms with Gasteiger partial charge in [-0.3, -0.25) is 4.79 Å². The number of nitrogens with two attached hydrogens (primary N) is 1. The molecule has 0 aliphatic carbocycles. The monoisotopic (exact) mass is 173 g/mol. The third kappa shape index (κ3) is 5.09. The van der Waals surface area contributed by atoms with Crippen molar-refractivity contribution in [2.45, 2.75) is 25.8 Å². The number of carbonyl (C=O) groups excluding carboxylic acids is 1. The molecule has 72 valence electrons. The lowest BCUT2D eigenvalue weighted by atomic mass is 10.3. The Balaban J connectivity index is 3.31. The highest BCUT2D eigenvalue weighted by molar-refractivity contribution is 5.81. The van der Waals surface area contributed by atoms with Crippen molar-refractivity contribution in [3.8, 4) is 0 Å². The summed E-state index contributed by atoms with van der Waals surface area (Å²) in [5.74, 6) is 0.0505. The Bertz CT molecular complexity index is 127. The Hall–Kier alpha value is -0.610. The van der Waals surface area contributed by atoms with E-state index in [0.29, 0.717) is 6.54 Å². The van der Waals surface area contributed by atoms with Gasteiger partial charge in [0, 0.05) is 6.54 Å². The van der Waals surface area contributed by atoms with Crippen LogP contribution in [0, 0.1) is 0 Å². The Morgan fingerprint density at radius 2 is 2.17 bits per heavy atom. The number of nitrogens with one attached hydrogen (secondary N) is 2. The van der Waals surface area contributed by atoms with Gasteiger partial charge < -0.3 is 16.4 Å². The van der Waals surface area contributed by atoms with Crippen molar-refractivity contribution < 1.29 is 4.79 Å². The highest BCUT2D eigenvalue weighted by Crippen LogP contribution is 1.84. The van der Waals surface area contributed by atoms with Crippen molar-refractivity contribution >= 4 is 5.91 Å². The van der Waals surface area contributed by atoms with Gasteiger partial charge in [0.05, 0.1) is 6.04 Å². The lowest BCUT2D eigenvalue weighted by molar-refractivity contribution is -0.122. The second-order valence-corrected chi connectivity index (χ2v) is 2.80. The third-order valence-corrected chi connectivity index (χ3v) is 1.76. The summed E-state index contributed by atoms with van der Waals surface area (Å²) in [4.78, 5) is 11.1. The van der Waals surface area contributed by atoms with Crippen molar-refractivity contribution in [3.05, 3.63) is 0 Å². The third-order valence-electron chi connectivity index (χ3n) is 1.76. The van der Waals surface area contributed by atoms with E-state index >= 15 is 0 Å². The smallest absolute Gasteiger partial charge is 0.236 e.